The Morgan fingerprint density at radius 3 is 0.673 bits per heavy atom. The zero-order valence-corrected chi connectivity index (χ0v) is 79.2. The molecule has 0 saturated heterocycles. The van der Waals surface area contributed by atoms with Gasteiger partial charge in [-0.2, -0.15) is 0 Å². The summed E-state index contributed by atoms with van der Waals surface area (Å²) in [5.41, 5.74) is 10.8. The van der Waals surface area contributed by atoms with Crippen molar-refractivity contribution in [3.63, 3.8) is 0 Å². The summed E-state index contributed by atoms with van der Waals surface area (Å²) >= 11 is 0. The zero-order chi connectivity index (χ0) is 79.2. The van der Waals surface area contributed by atoms with Gasteiger partial charge in [-0.25, -0.2) is 0 Å². The maximum absolute atomic E-state index is 2.58. The Morgan fingerprint density at radius 2 is 0.439 bits per heavy atom. The molecule has 626 valence electrons. The number of hydrogen-bond donors (Lipinski definition) is 0. The van der Waals surface area contributed by atoms with Crippen molar-refractivity contribution >= 4 is 0 Å². The molecule has 18 fully saturated rings. The van der Waals surface area contributed by atoms with Crippen LogP contribution in [0.15, 0.2) is 0 Å². The van der Waals surface area contributed by atoms with Crippen LogP contribution < -0.4 is 0 Å². The van der Waals surface area contributed by atoms with Gasteiger partial charge in [0, 0.05) is 0 Å². The van der Waals surface area contributed by atoms with Gasteiger partial charge in [0.15, 0.2) is 0 Å². The van der Waals surface area contributed by atoms with Crippen LogP contribution in [0.3, 0.4) is 0 Å². The predicted molar refractivity (Wildman–Crippen MR) is 475 cm³/mol. The second-order valence-corrected chi connectivity index (χ2v) is 54.9. The molecule has 10 unspecified atom stereocenters. The van der Waals surface area contributed by atoms with Crippen molar-refractivity contribution in [1.29, 1.82) is 0 Å². The van der Waals surface area contributed by atoms with Crippen molar-refractivity contribution in [2.24, 2.45) is 211 Å². The summed E-state index contributed by atoms with van der Waals surface area (Å²) in [5, 5.41) is 0. The van der Waals surface area contributed by atoms with E-state index in [1.807, 2.05) is 0 Å². The molecule has 18 aliphatic carbocycles. The fourth-order valence-corrected chi connectivity index (χ4v) is 40.3. The normalized spacial score (nSPS) is 53.2. The Bertz CT molecular complexity index is 2580. The first-order valence-corrected chi connectivity index (χ1v) is 48.3. The maximum Gasteiger partial charge on any atom is -0.0235 e. The summed E-state index contributed by atoms with van der Waals surface area (Å²) in [6.07, 6.45) is 50.9. The molecule has 18 aliphatic rings. The molecule has 0 spiro atoms. The van der Waals surface area contributed by atoms with Gasteiger partial charge in [-0.3, -0.25) is 0 Å². The molecule has 0 aromatic carbocycles. The maximum atomic E-state index is 2.58. The van der Waals surface area contributed by atoms with Gasteiger partial charge in [0.1, 0.15) is 0 Å². The highest BCUT2D eigenvalue weighted by Gasteiger charge is 2.68. The second-order valence-electron chi connectivity index (χ2n) is 54.9. The first-order valence-electron chi connectivity index (χ1n) is 48.3. The molecule has 0 N–H and O–H groups in total. The van der Waals surface area contributed by atoms with Crippen molar-refractivity contribution in [3.05, 3.63) is 0 Å². The molecule has 0 nitrogen and oxygen atoms in total. The molecule has 10 atom stereocenters. The smallest absolute Gasteiger partial charge is 0.0235 e. The molecule has 0 aliphatic heterocycles. The standard InChI is InChI=1S/2C16H30.C15H26.3C15H28.C14H24.CH4/c2*1-11(2)14-15(5)7-12(3)8-16(14,6)10-13(4)9-15;1-11(2)15-7-12-5-13(3,9-15)8-14(4,6-12)10-15;1-11(2)15-8-12(3)6-14(5,10-15)7-13(4)9-15;2*1-11(2)13-8-14(4)6-12(3)7-15(5,9-13)10-14;1-10(2)14-8-12(3)5-11(14)6-13(4,7-12)9-14;/h2*11-14H,7-10H2,1-6H3;11-12H,5-10H2,1-4H3;3*11-13H,6-10H2,1-5H3;10-11H,5-9H2,1-4H3;1H4. The predicted octanol–water partition coefficient (Wildman–Crippen LogP) is 34.4. The van der Waals surface area contributed by atoms with Gasteiger partial charge in [0.05, 0.1) is 0 Å². The second kappa shape index (κ2) is 31.4. The summed E-state index contributed by atoms with van der Waals surface area (Å²) in [4.78, 5) is 0. The van der Waals surface area contributed by atoms with E-state index in [2.05, 4.69) is 242 Å². The number of hydrogen-bond acceptors (Lipinski definition) is 0. The Hall–Kier alpha value is 0. The number of fused-ring (bicyclic) bond motifs is 10. The Balaban J connectivity index is 0.000000144. The van der Waals surface area contributed by atoms with E-state index in [9.17, 15) is 0 Å². The number of rotatable bonds is 7. The molecule has 18 saturated carbocycles. The molecule has 18 rings (SSSR count). The molecule has 0 aromatic rings. The summed E-state index contributed by atoms with van der Waals surface area (Å²) in [6, 6.07) is 0. The minimum Gasteiger partial charge on any atom is -0.0776 e. The van der Waals surface area contributed by atoms with Crippen LogP contribution in [0.25, 0.3) is 0 Å². The summed E-state index contributed by atoms with van der Waals surface area (Å²) in [6.45, 7) is 87.4. The topological polar surface area (TPSA) is 0 Å². The molecule has 0 radical (unpaired) electrons. The van der Waals surface area contributed by atoms with Crippen LogP contribution in [0.5, 0.6) is 0 Å². The molecule has 0 amide bonds. The zero-order valence-electron chi connectivity index (χ0n) is 79.2. The third-order valence-electron chi connectivity index (χ3n) is 37.7. The van der Waals surface area contributed by atoms with Crippen LogP contribution in [0, 0.1) is 211 Å². The van der Waals surface area contributed by atoms with E-state index in [4.69, 9.17) is 0 Å². The van der Waals surface area contributed by atoms with Gasteiger partial charge < -0.3 is 0 Å². The van der Waals surface area contributed by atoms with Crippen molar-refractivity contribution in [1.82, 2.24) is 0 Å². The molecular weight excluding hydrogens is 1290 g/mol. The Labute approximate surface area is 674 Å². The van der Waals surface area contributed by atoms with Gasteiger partial charge in [0.25, 0.3) is 0 Å². The van der Waals surface area contributed by atoms with Gasteiger partial charge in [-0.15, -0.1) is 0 Å². The highest BCUT2D eigenvalue weighted by molar-refractivity contribution is 5.17. The summed E-state index contributed by atoms with van der Waals surface area (Å²) < 4.78 is 0. The van der Waals surface area contributed by atoms with E-state index in [0.717, 1.165) is 146 Å². The lowest BCUT2D eigenvalue weighted by atomic mass is 9.38. The Kier molecular flexibility index (Phi) is 26.7. The van der Waals surface area contributed by atoms with Gasteiger partial charge >= 0.3 is 0 Å². The van der Waals surface area contributed by atoms with Gasteiger partial charge in [-0.1, -0.05) is 250 Å². The third kappa shape index (κ3) is 19.4. The van der Waals surface area contributed by atoms with E-state index in [1.54, 1.807) is 19.3 Å². The van der Waals surface area contributed by atoms with Crippen LogP contribution in [-0.4, -0.2) is 0 Å². The monoisotopic (exact) mass is 1480 g/mol. The fraction of sp³-hybridized carbons (Fsp3) is 1.00. The average molecular weight is 1480 g/mol. The lowest BCUT2D eigenvalue weighted by molar-refractivity contribution is -0.162. The SMILES string of the molecule is C.CC(C)C12CC3(C)CC1CC(C)(C3)C2.CC(C)C12CC3CC(C)(CC(C)(C3)C1)C2.CC1CC2(C)CC(C(C)C)CC(C)(C1)C2.CC1CC2(C)CC(C(C)C)CC(C)(C1)C2.CC1CC2(C)CC(C)CC(C(C)C)(C1)C2.CC1CC2(C)CC(C)CC(C)(C1)C2C(C)C.CC1CC2(C)CC(C)CC(C)(C1)C2C(C)C. The minimum absolute atomic E-state index is 0. The van der Waals surface area contributed by atoms with Crippen LogP contribution in [0.4, 0.5) is 0 Å². The molecule has 0 aromatic heterocycles. The van der Waals surface area contributed by atoms with Crippen LogP contribution in [0.1, 0.15) is 468 Å². The summed E-state index contributed by atoms with van der Waals surface area (Å²) in [5.74, 6) is 19.8. The average Bonchev–Trinajstić information content (AvgIpc) is 1.63. The molecular formula is C107H198. The van der Waals surface area contributed by atoms with E-state index < -0.39 is 0 Å². The van der Waals surface area contributed by atoms with E-state index in [-0.39, 0.29) is 7.43 Å². The van der Waals surface area contributed by atoms with E-state index in [1.165, 1.54) is 199 Å². The highest BCUT2D eigenvalue weighted by Crippen LogP contribution is 2.77. The summed E-state index contributed by atoms with van der Waals surface area (Å²) in [7, 11) is 0. The highest BCUT2D eigenvalue weighted by atomic mass is 14.7. The lowest BCUT2D eigenvalue weighted by Crippen LogP contribution is -2.56. The van der Waals surface area contributed by atoms with Crippen molar-refractivity contribution in [2.45, 2.75) is 468 Å². The van der Waals surface area contributed by atoms with Crippen LogP contribution >= 0.6 is 0 Å². The molecule has 0 heterocycles. The Morgan fingerprint density at radius 1 is 0.206 bits per heavy atom. The largest absolute Gasteiger partial charge is 0.0776 e. The van der Waals surface area contributed by atoms with Crippen LogP contribution in [0.2, 0.25) is 0 Å². The molecule has 18 bridgehead atoms. The van der Waals surface area contributed by atoms with Crippen LogP contribution in [-0.2, 0) is 0 Å². The van der Waals surface area contributed by atoms with Crippen molar-refractivity contribution in [3.8, 4) is 0 Å². The molecule has 0 heteroatoms. The fourth-order valence-electron chi connectivity index (χ4n) is 40.3. The van der Waals surface area contributed by atoms with Gasteiger partial charge in [0.2, 0.25) is 0 Å². The van der Waals surface area contributed by atoms with Gasteiger partial charge in [-0.05, 0) is 429 Å². The van der Waals surface area contributed by atoms with Crippen molar-refractivity contribution in [2.75, 3.05) is 0 Å². The lowest BCUT2D eigenvalue weighted by Gasteiger charge is -2.67. The third-order valence-corrected chi connectivity index (χ3v) is 37.7. The minimum atomic E-state index is 0. The molecule has 107 heavy (non-hydrogen) atoms. The first-order chi connectivity index (χ1) is 48.3. The first kappa shape index (κ1) is 90.9. The quantitative estimate of drug-likeness (QED) is 0.238. The van der Waals surface area contributed by atoms with Crippen molar-refractivity contribution < 1.29 is 0 Å². The van der Waals surface area contributed by atoms with E-state index in [0.29, 0.717) is 65.0 Å². The van der Waals surface area contributed by atoms with E-state index >= 15 is 0 Å².